The lowest BCUT2D eigenvalue weighted by Gasteiger charge is -2.23. The van der Waals surface area contributed by atoms with Crippen molar-refractivity contribution < 1.29 is 9.47 Å². The maximum Gasteiger partial charge on any atom is 0.138 e. The van der Waals surface area contributed by atoms with Crippen LogP contribution in [-0.4, -0.2) is 30.3 Å². The van der Waals surface area contributed by atoms with Gasteiger partial charge in [0.15, 0.2) is 0 Å². The zero-order valence-corrected chi connectivity index (χ0v) is 10.3. The van der Waals surface area contributed by atoms with Gasteiger partial charge in [0.25, 0.3) is 0 Å². The van der Waals surface area contributed by atoms with Gasteiger partial charge in [0.1, 0.15) is 11.9 Å². The van der Waals surface area contributed by atoms with E-state index in [4.69, 9.17) is 15.2 Å². The van der Waals surface area contributed by atoms with Crippen LogP contribution in [0.25, 0.3) is 0 Å². The smallest absolute Gasteiger partial charge is 0.138 e. The summed E-state index contributed by atoms with van der Waals surface area (Å²) in [5.74, 6) is 0.838. The number of nitrogens with zero attached hydrogens (tertiary/aromatic N) is 1. The SMILES string of the molecule is CC(N)Cc1ccc(OC2CCOCC2)cn1. The van der Waals surface area contributed by atoms with Crippen LogP contribution in [0.4, 0.5) is 0 Å². The second-order valence-corrected chi connectivity index (χ2v) is 4.60. The molecule has 1 saturated heterocycles. The molecule has 2 heterocycles. The molecule has 1 atom stereocenters. The molecule has 0 spiro atoms. The predicted octanol–water partition coefficient (Wildman–Crippen LogP) is 1.53. The van der Waals surface area contributed by atoms with Gasteiger partial charge < -0.3 is 15.2 Å². The van der Waals surface area contributed by atoms with Crippen LogP contribution in [-0.2, 0) is 11.2 Å². The predicted molar refractivity (Wildman–Crippen MR) is 66.1 cm³/mol. The molecule has 0 radical (unpaired) electrons. The maximum absolute atomic E-state index is 5.84. The van der Waals surface area contributed by atoms with Crippen LogP contribution >= 0.6 is 0 Å². The first-order chi connectivity index (χ1) is 8.24. The second-order valence-electron chi connectivity index (χ2n) is 4.60. The Morgan fingerprint density at radius 2 is 2.24 bits per heavy atom. The molecular weight excluding hydrogens is 216 g/mol. The van der Waals surface area contributed by atoms with Crippen molar-refractivity contribution in [3.63, 3.8) is 0 Å². The Kier molecular flexibility index (Phi) is 4.34. The molecule has 0 aromatic carbocycles. The van der Waals surface area contributed by atoms with Gasteiger partial charge in [0.2, 0.25) is 0 Å². The number of ether oxygens (including phenoxy) is 2. The van der Waals surface area contributed by atoms with Crippen LogP contribution in [0, 0.1) is 0 Å². The van der Waals surface area contributed by atoms with Gasteiger partial charge in [-0.15, -0.1) is 0 Å². The highest BCUT2D eigenvalue weighted by Crippen LogP contribution is 2.17. The van der Waals surface area contributed by atoms with Gasteiger partial charge in [-0.25, -0.2) is 0 Å². The molecule has 1 unspecified atom stereocenters. The first kappa shape index (κ1) is 12.3. The van der Waals surface area contributed by atoms with Gasteiger partial charge in [0, 0.05) is 31.0 Å². The maximum atomic E-state index is 5.84. The van der Waals surface area contributed by atoms with Crippen molar-refractivity contribution in [2.24, 2.45) is 5.73 Å². The number of hydrogen-bond acceptors (Lipinski definition) is 4. The van der Waals surface area contributed by atoms with Crippen molar-refractivity contribution in [3.05, 3.63) is 24.0 Å². The Morgan fingerprint density at radius 3 is 2.82 bits per heavy atom. The number of aromatic nitrogens is 1. The molecule has 0 bridgehead atoms. The minimum absolute atomic E-state index is 0.143. The van der Waals surface area contributed by atoms with Crippen LogP contribution in [0.2, 0.25) is 0 Å². The lowest BCUT2D eigenvalue weighted by atomic mass is 10.1. The summed E-state index contributed by atoms with van der Waals surface area (Å²) < 4.78 is 11.1. The second kappa shape index (κ2) is 5.98. The molecule has 1 aromatic rings. The highest BCUT2D eigenvalue weighted by atomic mass is 16.5. The highest BCUT2D eigenvalue weighted by molar-refractivity contribution is 5.20. The Bertz CT molecular complexity index is 332. The summed E-state index contributed by atoms with van der Waals surface area (Å²) >= 11 is 0. The fourth-order valence-corrected chi connectivity index (χ4v) is 1.92. The van der Waals surface area contributed by atoms with Crippen LogP contribution < -0.4 is 10.5 Å². The molecular formula is C13H20N2O2. The number of rotatable bonds is 4. The van der Waals surface area contributed by atoms with E-state index in [9.17, 15) is 0 Å². The van der Waals surface area contributed by atoms with Gasteiger partial charge in [0.05, 0.1) is 19.4 Å². The lowest BCUT2D eigenvalue weighted by Crippen LogP contribution is -2.26. The van der Waals surface area contributed by atoms with Gasteiger partial charge in [-0.3, -0.25) is 4.98 Å². The van der Waals surface area contributed by atoms with Gasteiger partial charge >= 0.3 is 0 Å². The molecule has 1 aromatic heterocycles. The summed E-state index contributed by atoms with van der Waals surface area (Å²) in [6.45, 7) is 3.57. The van der Waals surface area contributed by atoms with Gasteiger partial charge in [-0.05, 0) is 19.1 Å². The molecule has 94 valence electrons. The van der Waals surface area contributed by atoms with Crippen LogP contribution in [0.5, 0.6) is 5.75 Å². The van der Waals surface area contributed by atoms with Crippen LogP contribution in [0.3, 0.4) is 0 Å². The molecule has 0 aliphatic carbocycles. The lowest BCUT2D eigenvalue weighted by molar-refractivity contribution is 0.0254. The summed E-state index contributed by atoms with van der Waals surface area (Å²) in [5, 5.41) is 0. The third-order valence-corrected chi connectivity index (χ3v) is 2.80. The third kappa shape index (κ3) is 3.98. The molecule has 4 heteroatoms. The summed E-state index contributed by atoms with van der Waals surface area (Å²) in [4.78, 5) is 4.35. The van der Waals surface area contributed by atoms with E-state index in [1.54, 1.807) is 6.20 Å². The zero-order chi connectivity index (χ0) is 12.1. The van der Waals surface area contributed by atoms with E-state index < -0.39 is 0 Å². The van der Waals surface area contributed by atoms with Crippen molar-refractivity contribution in [2.45, 2.75) is 38.3 Å². The van der Waals surface area contributed by atoms with Crippen molar-refractivity contribution >= 4 is 0 Å². The minimum atomic E-state index is 0.143. The number of hydrogen-bond donors (Lipinski definition) is 1. The van der Waals surface area contributed by atoms with Crippen molar-refractivity contribution in [1.29, 1.82) is 0 Å². The average Bonchev–Trinajstić information content (AvgIpc) is 2.32. The highest BCUT2D eigenvalue weighted by Gasteiger charge is 2.15. The van der Waals surface area contributed by atoms with E-state index in [-0.39, 0.29) is 12.1 Å². The quantitative estimate of drug-likeness (QED) is 0.861. The standard InChI is InChI=1S/C13H20N2O2/c1-10(14)8-11-2-3-13(9-15-11)17-12-4-6-16-7-5-12/h2-3,9-10,12H,4-8,14H2,1H3. The monoisotopic (exact) mass is 236 g/mol. The molecule has 0 saturated carbocycles. The topological polar surface area (TPSA) is 57.4 Å². The number of pyridine rings is 1. The summed E-state index contributed by atoms with van der Waals surface area (Å²) in [6, 6.07) is 4.10. The van der Waals surface area contributed by atoms with E-state index in [0.29, 0.717) is 0 Å². The third-order valence-electron chi connectivity index (χ3n) is 2.80. The van der Waals surface area contributed by atoms with Gasteiger partial charge in [-0.2, -0.15) is 0 Å². The molecule has 17 heavy (non-hydrogen) atoms. The van der Waals surface area contributed by atoms with E-state index in [2.05, 4.69) is 4.98 Å². The average molecular weight is 236 g/mol. The first-order valence-electron chi connectivity index (χ1n) is 6.19. The summed E-state index contributed by atoms with van der Waals surface area (Å²) in [7, 11) is 0. The Labute approximate surface area is 102 Å². The van der Waals surface area contributed by atoms with E-state index in [1.165, 1.54) is 0 Å². The molecule has 4 nitrogen and oxygen atoms in total. The number of nitrogens with two attached hydrogens (primary N) is 1. The summed E-state index contributed by atoms with van der Waals surface area (Å²) in [5.41, 5.74) is 6.74. The Balaban J connectivity index is 1.88. The molecule has 1 aliphatic heterocycles. The molecule has 2 N–H and O–H groups in total. The van der Waals surface area contributed by atoms with Crippen molar-refractivity contribution in [3.8, 4) is 5.75 Å². The first-order valence-corrected chi connectivity index (χ1v) is 6.19. The van der Waals surface area contributed by atoms with Gasteiger partial charge in [-0.1, -0.05) is 0 Å². The molecule has 2 rings (SSSR count). The zero-order valence-electron chi connectivity index (χ0n) is 10.3. The molecule has 0 amide bonds. The Hall–Kier alpha value is -1.13. The van der Waals surface area contributed by atoms with E-state index in [0.717, 1.165) is 43.9 Å². The largest absolute Gasteiger partial charge is 0.489 e. The van der Waals surface area contributed by atoms with E-state index >= 15 is 0 Å². The minimum Gasteiger partial charge on any atom is -0.489 e. The fraction of sp³-hybridized carbons (Fsp3) is 0.615. The van der Waals surface area contributed by atoms with E-state index in [1.807, 2.05) is 19.1 Å². The van der Waals surface area contributed by atoms with Crippen molar-refractivity contribution in [2.75, 3.05) is 13.2 Å². The molecule has 1 fully saturated rings. The van der Waals surface area contributed by atoms with Crippen LogP contribution in [0.15, 0.2) is 18.3 Å². The normalized spacial score (nSPS) is 18.9. The molecule has 1 aliphatic rings. The van der Waals surface area contributed by atoms with Crippen molar-refractivity contribution in [1.82, 2.24) is 4.98 Å². The summed E-state index contributed by atoms with van der Waals surface area (Å²) in [6.07, 6.45) is 4.78. The Morgan fingerprint density at radius 1 is 1.47 bits per heavy atom. The fourth-order valence-electron chi connectivity index (χ4n) is 1.92. The van der Waals surface area contributed by atoms with Crippen LogP contribution in [0.1, 0.15) is 25.5 Å².